The van der Waals surface area contributed by atoms with Gasteiger partial charge in [-0.15, -0.1) is 11.8 Å². The standard InChI is InChI=1S/C23H21ClN4O2S2/c1-2-3-8-20-27-28-21(29)13-17(25-23(28)32-20)14-31-19-7-5-4-6-18(19)26-22(30)15-9-11-16(24)12-10-15/h4-7,9-13H,2-3,8,14H2,1H3,(H,26,30). The molecule has 0 fully saturated rings. The molecule has 32 heavy (non-hydrogen) atoms. The Morgan fingerprint density at radius 2 is 1.97 bits per heavy atom. The maximum absolute atomic E-state index is 12.6. The van der Waals surface area contributed by atoms with Gasteiger partial charge in [0.15, 0.2) is 0 Å². The van der Waals surface area contributed by atoms with E-state index in [1.165, 1.54) is 33.7 Å². The Balaban J connectivity index is 1.49. The van der Waals surface area contributed by atoms with Crippen LogP contribution in [-0.2, 0) is 12.2 Å². The number of unbranched alkanes of at least 4 members (excludes halogenated alkanes) is 1. The van der Waals surface area contributed by atoms with Gasteiger partial charge >= 0.3 is 0 Å². The minimum Gasteiger partial charge on any atom is -0.321 e. The Kier molecular flexibility index (Phi) is 7.24. The lowest BCUT2D eigenvalue weighted by Gasteiger charge is -2.11. The molecule has 2 aromatic carbocycles. The van der Waals surface area contributed by atoms with Gasteiger partial charge in [-0.25, -0.2) is 4.98 Å². The summed E-state index contributed by atoms with van der Waals surface area (Å²) in [5, 5.41) is 8.84. The largest absolute Gasteiger partial charge is 0.321 e. The molecule has 4 rings (SSSR count). The van der Waals surface area contributed by atoms with Crippen LogP contribution < -0.4 is 10.9 Å². The summed E-state index contributed by atoms with van der Waals surface area (Å²) in [6.07, 6.45) is 2.97. The molecule has 0 atom stereocenters. The molecule has 0 aliphatic rings. The van der Waals surface area contributed by atoms with Crippen LogP contribution in [0.25, 0.3) is 4.96 Å². The van der Waals surface area contributed by atoms with Crippen LogP contribution in [0.1, 0.15) is 40.8 Å². The maximum atomic E-state index is 12.6. The summed E-state index contributed by atoms with van der Waals surface area (Å²) in [5.41, 5.74) is 1.74. The smallest absolute Gasteiger partial charge is 0.275 e. The van der Waals surface area contributed by atoms with Gasteiger partial charge in [-0.2, -0.15) is 9.61 Å². The van der Waals surface area contributed by atoms with Gasteiger partial charge in [-0.05, 0) is 42.8 Å². The summed E-state index contributed by atoms with van der Waals surface area (Å²) >= 11 is 8.88. The molecule has 0 bridgehead atoms. The monoisotopic (exact) mass is 484 g/mol. The molecule has 9 heteroatoms. The van der Waals surface area contributed by atoms with Crippen molar-refractivity contribution in [2.75, 3.05) is 5.32 Å². The topological polar surface area (TPSA) is 76.4 Å². The van der Waals surface area contributed by atoms with E-state index >= 15 is 0 Å². The zero-order valence-corrected chi connectivity index (χ0v) is 19.8. The number of amides is 1. The van der Waals surface area contributed by atoms with E-state index in [-0.39, 0.29) is 11.5 Å². The average molecular weight is 485 g/mol. The van der Waals surface area contributed by atoms with E-state index in [9.17, 15) is 9.59 Å². The Bertz CT molecular complexity index is 1300. The van der Waals surface area contributed by atoms with Crippen molar-refractivity contribution in [3.05, 3.63) is 86.2 Å². The maximum Gasteiger partial charge on any atom is 0.275 e. The van der Waals surface area contributed by atoms with Crippen molar-refractivity contribution in [3.8, 4) is 0 Å². The Morgan fingerprint density at radius 3 is 2.75 bits per heavy atom. The number of nitrogens with one attached hydrogen (secondary N) is 1. The molecule has 6 nitrogen and oxygen atoms in total. The first-order chi connectivity index (χ1) is 15.5. The van der Waals surface area contributed by atoms with Crippen LogP contribution in [0.4, 0.5) is 5.69 Å². The van der Waals surface area contributed by atoms with Crippen molar-refractivity contribution in [1.29, 1.82) is 0 Å². The number of thioether (sulfide) groups is 1. The van der Waals surface area contributed by atoms with E-state index in [1.54, 1.807) is 24.3 Å². The Labute approximate surface area is 198 Å². The highest BCUT2D eigenvalue weighted by atomic mass is 35.5. The Morgan fingerprint density at radius 1 is 1.19 bits per heavy atom. The van der Waals surface area contributed by atoms with E-state index in [0.717, 1.165) is 29.2 Å². The van der Waals surface area contributed by atoms with Gasteiger partial charge in [0.05, 0.1) is 11.4 Å². The molecule has 0 unspecified atom stereocenters. The number of rotatable bonds is 8. The van der Waals surface area contributed by atoms with Gasteiger partial charge in [0.2, 0.25) is 4.96 Å². The van der Waals surface area contributed by atoms with Crippen molar-refractivity contribution in [1.82, 2.24) is 14.6 Å². The summed E-state index contributed by atoms with van der Waals surface area (Å²) in [6, 6.07) is 15.8. The predicted molar refractivity (Wildman–Crippen MR) is 131 cm³/mol. The van der Waals surface area contributed by atoms with Crippen LogP contribution in [-0.4, -0.2) is 20.5 Å². The van der Waals surface area contributed by atoms with E-state index in [2.05, 4.69) is 22.3 Å². The number of benzene rings is 2. The molecule has 4 aromatic rings. The van der Waals surface area contributed by atoms with Crippen molar-refractivity contribution in [3.63, 3.8) is 0 Å². The fourth-order valence-electron chi connectivity index (χ4n) is 3.04. The zero-order chi connectivity index (χ0) is 22.5. The number of nitrogens with zero attached hydrogens (tertiary/aromatic N) is 3. The van der Waals surface area contributed by atoms with E-state index in [0.29, 0.717) is 32.7 Å². The molecule has 2 aromatic heterocycles. The molecule has 0 spiro atoms. The minimum absolute atomic E-state index is 0.172. The summed E-state index contributed by atoms with van der Waals surface area (Å²) in [6.45, 7) is 2.13. The summed E-state index contributed by atoms with van der Waals surface area (Å²) in [7, 11) is 0. The van der Waals surface area contributed by atoms with Gasteiger partial charge in [0, 0.05) is 33.7 Å². The van der Waals surface area contributed by atoms with Crippen LogP contribution in [0.15, 0.2) is 64.3 Å². The van der Waals surface area contributed by atoms with Crippen molar-refractivity contribution in [2.24, 2.45) is 0 Å². The van der Waals surface area contributed by atoms with Gasteiger partial charge in [0.1, 0.15) is 5.01 Å². The first kappa shape index (κ1) is 22.5. The third kappa shape index (κ3) is 5.38. The second-order valence-corrected chi connectivity index (χ2v) is 9.62. The highest BCUT2D eigenvalue weighted by molar-refractivity contribution is 7.98. The van der Waals surface area contributed by atoms with Crippen LogP contribution in [0.5, 0.6) is 0 Å². The number of anilines is 1. The molecule has 0 saturated carbocycles. The quantitative estimate of drug-likeness (QED) is 0.325. The van der Waals surface area contributed by atoms with Gasteiger partial charge in [0.25, 0.3) is 11.5 Å². The molecule has 0 aliphatic heterocycles. The number of aryl methyl sites for hydroxylation is 1. The minimum atomic E-state index is -0.211. The second kappa shape index (κ2) is 10.3. The average Bonchev–Trinajstić information content (AvgIpc) is 3.21. The summed E-state index contributed by atoms with van der Waals surface area (Å²) in [5.74, 6) is 0.290. The SMILES string of the molecule is CCCCc1nn2c(=O)cc(CSc3ccccc3NC(=O)c3ccc(Cl)cc3)nc2s1. The number of carbonyl (C=O) groups is 1. The molecule has 0 radical (unpaired) electrons. The van der Waals surface area contributed by atoms with Crippen LogP contribution in [0, 0.1) is 0 Å². The molecule has 1 amide bonds. The number of hydrogen-bond donors (Lipinski definition) is 1. The number of halogens is 1. The molecular formula is C23H21ClN4O2S2. The fraction of sp³-hybridized carbons (Fsp3) is 0.217. The van der Waals surface area contributed by atoms with Crippen molar-refractivity contribution >= 4 is 51.3 Å². The number of aromatic nitrogens is 3. The van der Waals surface area contributed by atoms with E-state index in [4.69, 9.17) is 11.6 Å². The molecule has 2 heterocycles. The first-order valence-corrected chi connectivity index (χ1v) is 12.4. The zero-order valence-electron chi connectivity index (χ0n) is 17.4. The van der Waals surface area contributed by atoms with Crippen molar-refractivity contribution in [2.45, 2.75) is 36.8 Å². The lowest BCUT2D eigenvalue weighted by Crippen LogP contribution is -2.15. The Hall–Kier alpha value is -2.68. The predicted octanol–water partition coefficient (Wildman–Crippen LogP) is 5.69. The lowest BCUT2D eigenvalue weighted by molar-refractivity contribution is 0.102. The second-order valence-electron chi connectivity index (χ2n) is 7.13. The fourth-order valence-corrected chi connectivity index (χ4v) is 5.03. The normalized spacial score (nSPS) is 11.1. The number of hydrogen-bond acceptors (Lipinski definition) is 6. The van der Waals surface area contributed by atoms with E-state index < -0.39 is 0 Å². The van der Waals surface area contributed by atoms with Crippen molar-refractivity contribution < 1.29 is 4.79 Å². The van der Waals surface area contributed by atoms with Crippen LogP contribution in [0.3, 0.4) is 0 Å². The van der Waals surface area contributed by atoms with E-state index in [1.807, 2.05) is 24.3 Å². The highest BCUT2D eigenvalue weighted by Crippen LogP contribution is 2.30. The van der Waals surface area contributed by atoms with Gasteiger partial charge < -0.3 is 5.32 Å². The van der Waals surface area contributed by atoms with Gasteiger partial charge in [-0.1, -0.05) is 48.4 Å². The summed E-state index contributed by atoms with van der Waals surface area (Å²) < 4.78 is 1.38. The first-order valence-electron chi connectivity index (χ1n) is 10.2. The van der Waals surface area contributed by atoms with Gasteiger partial charge in [-0.3, -0.25) is 9.59 Å². The number of carbonyl (C=O) groups excluding carboxylic acids is 1. The molecule has 0 saturated heterocycles. The third-order valence-corrected chi connectivity index (χ3v) is 7.03. The number of para-hydroxylation sites is 1. The van der Waals surface area contributed by atoms with Crippen LogP contribution >= 0.6 is 34.7 Å². The summed E-state index contributed by atoms with van der Waals surface area (Å²) in [4.78, 5) is 31.2. The molecule has 0 aliphatic carbocycles. The third-order valence-electron chi connectivity index (χ3n) is 4.70. The van der Waals surface area contributed by atoms with Crippen LogP contribution in [0.2, 0.25) is 5.02 Å². The lowest BCUT2D eigenvalue weighted by atomic mass is 10.2. The highest BCUT2D eigenvalue weighted by Gasteiger charge is 2.12. The molecular weight excluding hydrogens is 464 g/mol. The number of fused-ring (bicyclic) bond motifs is 1. The molecule has 164 valence electrons. The molecule has 1 N–H and O–H groups in total.